The van der Waals surface area contributed by atoms with E-state index in [1.807, 2.05) is 24.3 Å². The van der Waals surface area contributed by atoms with Crippen LogP contribution in [0.15, 0.2) is 24.3 Å². The van der Waals surface area contributed by atoms with Crippen LogP contribution in [0.5, 0.6) is 0 Å². The van der Waals surface area contributed by atoms with Gasteiger partial charge in [0.1, 0.15) is 0 Å². The number of hydrogen-bond acceptors (Lipinski definition) is 2. The van der Waals surface area contributed by atoms with E-state index in [1.165, 1.54) is 0 Å². The van der Waals surface area contributed by atoms with Gasteiger partial charge in [-0.3, -0.25) is 4.79 Å². The lowest BCUT2D eigenvalue weighted by atomic mass is 9.95. The zero-order valence-electron chi connectivity index (χ0n) is 8.24. The van der Waals surface area contributed by atoms with Crippen molar-refractivity contribution in [3.8, 4) is 0 Å². The standard InChI is InChI=1S/C11H13ClN2O/c12-9-3-1-7(2-4-9)5-8-6-14-11(15)10(8)13/h1-4,8,10H,5-6,13H2,(H,14,15). The molecular weight excluding hydrogens is 212 g/mol. The molecule has 80 valence electrons. The number of nitrogens with two attached hydrogens (primary N) is 1. The van der Waals surface area contributed by atoms with Gasteiger partial charge in [0.25, 0.3) is 0 Å². The SMILES string of the molecule is NC1C(=O)NCC1Cc1ccc(Cl)cc1. The Morgan fingerprint density at radius 3 is 2.60 bits per heavy atom. The van der Waals surface area contributed by atoms with Crippen LogP contribution in [0.25, 0.3) is 0 Å². The normalized spacial score (nSPS) is 25.3. The molecule has 2 unspecified atom stereocenters. The fourth-order valence-corrected chi connectivity index (χ4v) is 1.94. The quantitative estimate of drug-likeness (QED) is 0.786. The monoisotopic (exact) mass is 224 g/mol. The number of carbonyl (C=O) groups excluding carboxylic acids is 1. The molecule has 3 N–H and O–H groups in total. The second-order valence-electron chi connectivity index (χ2n) is 3.86. The van der Waals surface area contributed by atoms with Crippen LogP contribution in [0, 0.1) is 5.92 Å². The molecule has 0 spiro atoms. The Morgan fingerprint density at radius 2 is 2.07 bits per heavy atom. The van der Waals surface area contributed by atoms with Crippen molar-refractivity contribution in [3.63, 3.8) is 0 Å². The van der Waals surface area contributed by atoms with Gasteiger partial charge in [-0.05, 0) is 24.1 Å². The number of carbonyl (C=O) groups is 1. The molecule has 1 amide bonds. The second-order valence-corrected chi connectivity index (χ2v) is 4.30. The summed E-state index contributed by atoms with van der Waals surface area (Å²) in [5.74, 6) is 0.146. The molecule has 1 saturated heterocycles. The van der Waals surface area contributed by atoms with Crippen molar-refractivity contribution in [2.24, 2.45) is 11.7 Å². The number of hydrogen-bond donors (Lipinski definition) is 2. The average molecular weight is 225 g/mol. The molecule has 1 aromatic carbocycles. The Morgan fingerprint density at radius 1 is 1.40 bits per heavy atom. The first-order valence-corrected chi connectivity index (χ1v) is 5.32. The van der Waals surface area contributed by atoms with E-state index in [1.54, 1.807) is 0 Å². The molecular formula is C11H13ClN2O. The lowest BCUT2D eigenvalue weighted by Crippen LogP contribution is -2.34. The van der Waals surface area contributed by atoms with Crippen LogP contribution in [0.2, 0.25) is 5.02 Å². The molecule has 0 saturated carbocycles. The van der Waals surface area contributed by atoms with Crippen molar-refractivity contribution in [1.29, 1.82) is 0 Å². The first-order chi connectivity index (χ1) is 7.16. The number of amides is 1. The van der Waals surface area contributed by atoms with E-state index in [9.17, 15) is 4.79 Å². The fraction of sp³-hybridized carbons (Fsp3) is 0.364. The average Bonchev–Trinajstić information content (AvgIpc) is 2.53. The van der Waals surface area contributed by atoms with Crippen LogP contribution in [-0.2, 0) is 11.2 Å². The highest BCUT2D eigenvalue weighted by atomic mass is 35.5. The third kappa shape index (κ3) is 2.30. The van der Waals surface area contributed by atoms with Crippen molar-refractivity contribution in [2.75, 3.05) is 6.54 Å². The summed E-state index contributed by atoms with van der Waals surface area (Å²) in [5.41, 5.74) is 6.93. The summed E-state index contributed by atoms with van der Waals surface area (Å²) in [4.78, 5) is 11.2. The maximum atomic E-state index is 11.2. The summed E-state index contributed by atoms with van der Waals surface area (Å²) >= 11 is 5.79. The van der Waals surface area contributed by atoms with Crippen molar-refractivity contribution >= 4 is 17.5 Å². The van der Waals surface area contributed by atoms with Gasteiger partial charge in [0.2, 0.25) is 5.91 Å². The molecule has 1 fully saturated rings. The highest BCUT2D eigenvalue weighted by Crippen LogP contribution is 2.17. The van der Waals surface area contributed by atoms with Crippen LogP contribution >= 0.6 is 11.6 Å². The van der Waals surface area contributed by atoms with Crippen LogP contribution in [0.3, 0.4) is 0 Å². The third-order valence-corrected chi connectivity index (χ3v) is 3.01. The van der Waals surface area contributed by atoms with Crippen LogP contribution in [0.1, 0.15) is 5.56 Å². The molecule has 1 aromatic rings. The molecule has 1 aliphatic rings. The van der Waals surface area contributed by atoms with Crippen molar-refractivity contribution < 1.29 is 4.79 Å². The lowest BCUT2D eigenvalue weighted by molar-refractivity contribution is -0.120. The smallest absolute Gasteiger partial charge is 0.237 e. The van der Waals surface area contributed by atoms with Gasteiger partial charge in [-0.15, -0.1) is 0 Å². The molecule has 1 aliphatic heterocycles. The van der Waals surface area contributed by atoms with Gasteiger partial charge >= 0.3 is 0 Å². The Balaban J connectivity index is 2.03. The molecule has 0 bridgehead atoms. The highest BCUT2D eigenvalue weighted by Gasteiger charge is 2.30. The Kier molecular flexibility index (Phi) is 2.93. The number of halogens is 1. The van der Waals surface area contributed by atoms with Gasteiger partial charge in [-0.25, -0.2) is 0 Å². The molecule has 3 nitrogen and oxygen atoms in total. The minimum absolute atomic E-state index is 0.0473. The van der Waals surface area contributed by atoms with Gasteiger partial charge in [0.05, 0.1) is 6.04 Å². The molecule has 0 aliphatic carbocycles. The van der Waals surface area contributed by atoms with E-state index in [0.717, 1.165) is 17.0 Å². The Labute approximate surface area is 93.6 Å². The largest absolute Gasteiger partial charge is 0.354 e. The molecule has 15 heavy (non-hydrogen) atoms. The topological polar surface area (TPSA) is 55.1 Å². The van der Waals surface area contributed by atoms with Gasteiger partial charge in [-0.1, -0.05) is 23.7 Å². The third-order valence-electron chi connectivity index (χ3n) is 2.76. The molecule has 2 rings (SSSR count). The van der Waals surface area contributed by atoms with Crippen molar-refractivity contribution in [1.82, 2.24) is 5.32 Å². The van der Waals surface area contributed by atoms with E-state index in [4.69, 9.17) is 17.3 Å². The fourth-order valence-electron chi connectivity index (χ4n) is 1.81. The van der Waals surface area contributed by atoms with Crippen molar-refractivity contribution in [2.45, 2.75) is 12.5 Å². The van der Waals surface area contributed by atoms with Crippen molar-refractivity contribution in [3.05, 3.63) is 34.9 Å². The lowest BCUT2D eigenvalue weighted by Gasteiger charge is -2.12. The summed E-state index contributed by atoms with van der Waals surface area (Å²) in [7, 11) is 0. The summed E-state index contributed by atoms with van der Waals surface area (Å²) in [6, 6.07) is 7.27. The van der Waals surface area contributed by atoms with E-state index >= 15 is 0 Å². The van der Waals surface area contributed by atoms with E-state index in [0.29, 0.717) is 6.54 Å². The molecule has 0 aromatic heterocycles. The van der Waals surface area contributed by atoms with Crippen LogP contribution < -0.4 is 11.1 Å². The zero-order valence-corrected chi connectivity index (χ0v) is 9.00. The molecule has 0 radical (unpaired) electrons. The molecule has 2 atom stereocenters. The minimum Gasteiger partial charge on any atom is -0.354 e. The highest BCUT2D eigenvalue weighted by molar-refractivity contribution is 6.30. The Bertz CT molecular complexity index is 363. The minimum atomic E-state index is -0.374. The number of rotatable bonds is 2. The Hall–Kier alpha value is -1.06. The molecule has 1 heterocycles. The number of benzene rings is 1. The zero-order chi connectivity index (χ0) is 10.8. The van der Waals surface area contributed by atoms with Crippen LogP contribution in [0.4, 0.5) is 0 Å². The summed E-state index contributed by atoms with van der Waals surface area (Å²) in [6.45, 7) is 0.669. The first-order valence-electron chi connectivity index (χ1n) is 4.94. The van der Waals surface area contributed by atoms with Gasteiger partial charge < -0.3 is 11.1 Å². The van der Waals surface area contributed by atoms with E-state index in [2.05, 4.69) is 5.32 Å². The second kappa shape index (κ2) is 4.21. The maximum absolute atomic E-state index is 11.2. The maximum Gasteiger partial charge on any atom is 0.237 e. The van der Waals surface area contributed by atoms with Gasteiger partial charge in [0, 0.05) is 17.5 Å². The van der Waals surface area contributed by atoms with E-state index in [-0.39, 0.29) is 17.9 Å². The summed E-state index contributed by atoms with van der Waals surface area (Å²) in [5, 5.41) is 3.49. The number of nitrogens with one attached hydrogen (secondary N) is 1. The predicted octanol–water partition coefficient (Wildman–Crippen LogP) is 0.956. The van der Waals surface area contributed by atoms with Crippen LogP contribution in [-0.4, -0.2) is 18.5 Å². The molecule has 4 heteroatoms. The van der Waals surface area contributed by atoms with Gasteiger partial charge in [-0.2, -0.15) is 0 Å². The predicted molar refractivity (Wildman–Crippen MR) is 59.6 cm³/mol. The van der Waals surface area contributed by atoms with Gasteiger partial charge in [0.15, 0.2) is 0 Å². The first kappa shape index (κ1) is 10.5. The summed E-state index contributed by atoms with van der Waals surface area (Å²) in [6.07, 6.45) is 0.817. The van der Waals surface area contributed by atoms with E-state index < -0.39 is 0 Å². The summed E-state index contributed by atoms with van der Waals surface area (Å²) < 4.78 is 0.